The number of halogens is 1. The van der Waals surface area contributed by atoms with Crippen molar-refractivity contribution < 1.29 is 4.39 Å². The number of nitrogens with zero attached hydrogens (tertiary/aromatic N) is 2. The fraction of sp³-hybridized carbons (Fsp3) is 0.583. The van der Waals surface area contributed by atoms with Crippen LogP contribution in [0.5, 0.6) is 0 Å². The second-order valence-electron chi connectivity index (χ2n) is 4.68. The Morgan fingerprint density at radius 3 is 3.19 bits per heavy atom. The van der Waals surface area contributed by atoms with Gasteiger partial charge in [-0.3, -0.25) is 0 Å². The van der Waals surface area contributed by atoms with Crippen LogP contribution in [0.25, 0.3) is 0 Å². The molecule has 0 aliphatic carbocycles. The van der Waals surface area contributed by atoms with E-state index in [1.165, 1.54) is 18.9 Å². The number of piperidine rings is 1. The molecule has 2 atom stereocenters. The fourth-order valence-corrected chi connectivity index (χ4v) is 2.83. The summed E-state index contributed by atoms with van der Waals surface area (Å²) in [5.41, 5.74) is 0. The normalized spacial score (nSPS) is 29.2. The zero-order valence-electron chi connectivity index (χ0n) is 9.19. The highest BCUT2D eigenvalue weighted by Gasteiger charge is 2.35. The molecule has 2 aliphatic heterocycles. The Labute approximate surface area is 94.7 Å². The molecule has 0 saturated carbocycles. The topological polar surface area (TPSA) is 28.2 Å². The molecule has 2 fully saturated rings. The van der Waals surface area contributed by atoms with Crippen molar-refractivity contribution in [1.29, 1.82) is 0 Å². The summed E-state index contributed by atoms with van der Waals surface area (Å²) in [6, 6.07) is 3.65. The van der Waals surface area contributed by atoms with Gasteiger partial charge in [-0.05, 0) is 37.4 Å². The zero-order valence-corrected chi connectivity index (χ0v) is 9.19. The van der Waals surface area contributed by atoms with Gasteiger partial charge >= 0.3 is 0 Å². The van der Waals surface area contributed by atoms with Gasteiger partial charge < -0.3 is 10.2 Å². The molecule has 2 saturated heterocycles. The first kappa shape index (κ1) is 10.0. The van der Waals surface area contributed by atoms with Crippen molar-refractivity contribution in [1.82, 2.24) is 10.3 Å². The first-order chi connectivity index (χ1) is 7.84. The Kier molecular flexibility index (Phi) is 2.52. The van der Waals surface area contributed by atoms with E-state index in [2.05, 4.69) is 15.2 Å². The molecule has 2 aliphatic rings. The lowest BCUT2D eigenvalue weighted by atomic mass is 9.94. The van der Waals surface area contributed by atoms with Gasteiger partial charge in [0.05, 0.1) is 0 Å². The second kappa shape index (κ2) is 4.01. The Balaban J connectivity index is 1.80. The van der Waals surface area contributed by atoms with Gasteiger partial charge in [-0.15, -0.1) is 0 Å². The largest absolute Gasteiger partial charge is 0.352 e. The standard InChI is InChI=1S/C12H16FN3/c13-10-4-2-6-15-12(10)16-7-9-3-1-5-14-11(9)8-16/h2,4,6,9,11,14H,1,3,5,7-8H2/t9-,11+/m0/s1. The minimum Gasteiger partial charge on any atom is -0.352 e. The number of pyridine rings is 1. The van der Waals surface area contributed by atoms with Gasteiger partial charge in [0.15, 0.2) is 11.6 Å². The third-order valence-corrected chi connectivity index (χ3v) is 3.64. The third-order valence-electron chi connectivity index (χ3n) is 3.64. The summed E-state index contributed by atoms with van der Waals surface area (Å²) in [5.74, 6) is 0.968. The summed E-state index contributed by atoms with van der Waals surface area (Å²) < 4.78 is 13.6. The highest BCUT2D eigenvalue weighted by atomic mass is 19.1. The summed E-state index contributed by atoms with van der Waals surface area (Å²) in [6.45, 7) is 2.92. The molecule has 3 heterocycles. The molecule has 4 heteroatoms. The molecule has 0 aromatic carbocycles. The number of hydrogen-bond donors (Lipinski definition) is 1. The molecule has 3 nitrogen and oxygen atoms in total. The molecule has 0 radical (unpaired) electrons. The maximum atomic E-state index is 13.6. The number of anilines is 1. The molecule has 0 spiro atoms. The van der Waals surface area contributed by atoms with E-state index in [9.17, 15) is 4.39 Å². The van der Waals surface area contributed by atoms with Crippen LogP contribution in [0.1, 0.15) is 12.8 Å². The summed E-state index contributed by atoms with van der Waals surface area (Å²) in [4.78, 5) is 6.21. The van der Waals surface area contributed by atoms with E-state index < -0.39 is 0 Å². The van der Waals surface area contributed by atoms with Crippen molar-refractivity contribution in [3.05, 3.63) is 24.1 Å². The van der Waals surface area contributed by atoms with E-state index in [-0.39, 0.29) is 5.82 Å². The lowest BCUT2D eigenvalue weighted by molar-refractivity contribution is 0.340. The van der Waals surface area contributed by atoms with Crippen molar-refractivity contribution in [3.63, 3.8) is 0 Å². The molecule has 16 heavy (non-hydrogen) atoms. The molecule has 1 aromatic rings. The SMILES string of the molecule is Fc1cccnc1N1C[C@@H]2CCCN[C@@H]2C1. The Hall–Kier alpha value is -1.16. The fourth-order valence-electron chi connectivity index (χ4n) is 2.83. The summed E-state index contributed by atoms with van der Waals surface area (Å²) in [6.07, 6.45) is 4.15. The van der Waals surface area contributed by atoms with E-state index in [0.717, 1.165) is 19.6 Å². The van der Waals surface area contributed by atoms with Gasteiger partial charge in [-0.1, -0.05) is 0 Å². The van der Waals surface area contributed by atoms with E-state index in [0.29, 0.717) is 17.8 Å². The smallest absolute Gasteiger partial charge is 0.165 e. The van der Waals surface area contributed by atoms with Crippen molar-refractivity contribution in [3.8, 4) is 0 Å². The first-order valence-corrected chi connectivity index (χ1v) is 5.93. The van der Waals surface area contributed by atoms with Crippen molar-refractivity contribution in [2.75, 3.05) is 24.5 Å². The molecule has 86 valence electrons. The minimum atomic E-state index is -0.207. The molecule has 0 bridgehead atoms. The molecule has 0 amide bonds. The lowest BCUT2D eigenvalue weighted by Crippen LogP contribution is -2.40. The van der Waals surface area contributed by atoms with E-state index >= 15 is 0 Å². The molecule has 3 rings (SSSR count). The van der Waals surface area contributed by atoms with Gasteiger partial charge in [0, 0.05) is 25.3 Å². The van der Waals surface area contributed by atoms with Gasteiger partial charge in [-0.2, -0.15) is 0 Å². The Morgan fingerprint density at radius 1 is 1.44 bits per heavy atom. The van der Waals surface area contributed by atoms with Gasteiger partial charge in [0.25, 0.3) is 0 Å². The van der Waals surface area contributed by atoms with Gasteiger partial charge in [0.1, 0.15) is 0 Å². The van der Waals surface area contributed by atoms with Crippen LogP contribution in [0.15, 0.2) is 18.3 Å². The highest BCUT2D eigenvalue weighted by molar-refractivity contribution is 5.41. The quantitative estimate of drug-likeness (QED) is 0.777. The number of fused-ring (bicyclic) bond motifs is 1. The third kappa shape index (κ3) is 1.67. The average molecular weight is 221 g/mol. The number of hydrogen-bond acceptors (Lipinski definition) is 3. The van der Waals surface area contributed by atoms with Crippen LogP contribution in [0, 0.1) is 11.7 Å². The number of rotatable bonds is 1. The number of aromatic nitrogens is 1. The van der Waals surface area contributed by atoms with Crippen molar-refractivity contribution in [2.24, 2.45) is 5.92 Å². The molecule has 1 N–H and O–H groups in total. The Bertz CT molecular complexity index is 368. The minimum absolute atomic E-state index is 0.207. The number of nitrogens with one attached hydrogen (secondary N) is 1. The predicted octanol–water partition coefficient (Wildman–Crippen LogP) is 1.41. The lowest BCUT2D eigenvalue weighted by Gasteiger charge is -2.24. The van der Waals surface area contributed by atoms with Crippen molar-refractivity contribution in [2.45, 2.75) is 18.9 Å². The Morgan fingerprint density at radius 2 is 2.38 bits per heavy atom. The molecular weight excluding hydrogens is 205 g/mol. The van der Waals surface area contributed by atoms with Crippen LogP contribution >= 0.6 is 0 Å². The summed E-state index contributed by atoms with van der Waals surface area (Å²) in [5, 5.41) is 3.51. The van der Waals surface area contributed by atoms with Crippen LogP contribution in [0.4, 0.5) is 10.2 Å². The van der Waals surface area contributed by atoms with E-state index in [4.69, 9.17) is 0 Å². The van der Waals surface area contributed by atoms with E-state index in [1.807, 2.05) is 0 Å². The maximum Gasteiger partial charge on any atom is 0.165 e. The first-order valence-electron chi connectivity index (χ1n) is 5.93. The van der Waals surface area contributed by atoms with Gasteiger partial charge in [0.2, 0.25) is 0 Å². The highest BCUT2D eigenvalue weighted by Crippen LogP contribution is 2.28. The summed E-state index contributed by atoms with van der Waals surface area (Å²) in [7, 11) is 0. The molecule has 0 unspecified atom stereocenters. The van der Waals surface area contributed by atoms with Crippen molar-refractivity contribution >= 4 is 5.82 Å². The summed E-state index contributed by atoms with van der Waals surface area (Å²) >= 11 is 0. The predicted molar refractivity (Wildman–Crippen MR) is 60.9 cm³/mol. The van der Waals surface area contributed by atoms with Gasteiger partial charge in [-0.25, -0.2) is 9.37 Å². The van der Waals surface area contributed by atoms with E-state index in [1.54, 1.807) is 12.3 Å². The van der Waals surface area contributed by atoms with Crippen LogP contribution in [0.2, 0.25) is 0 Å². The monoisotopic (exact) mass is 221 g/mol. The van der Waals surface area contributed by atoms with Crippen LogP contribution in [-0.2, 0) is 0 Å². The second-order valence-corrected chi connectivity index (χ2v) is 4.68. The zero-order chi connectivity index (χ0) is 11.0. The molecular formula is C12H16FN3. The van der Waals surface area contributed by atoms with Crippen LogP contribution in [-0.4, -0.2) is 30.7 Å². The van der Waals surface area contributed by atoms with Crippen LogP contribution < -0.4 is 10.2 Å². The maximum absolute atomic E-state index is 13.6. The average Bonchev–Trinajstić information content (AvgIpc) is 2.73. The molecule has 1 aromatic heterocycles. The van der Waals surface area contributed by atoms with Crippen LogP contribution in [0.3, 0.4) is 0 Å².